The molecule has 1 aliphatic rings. The van der Waals surface area contributed by atoms with Crippen LogP contribution in [0.2, 0.25) is 0 Å². The van der Waals surface area contributed by atoms with Crippen molar-refractivity contribution in [1.82, 2.24) is 0 Å². The van der Waals surface area contributed by atoms with Crippen LogP contribution in [0.4, 0.5) is 0 Å². The van der Waals surface area contributed by atoms with Crippen molar-refractivity contribution in [2.45, 2.75) is 40.0 Å². The molecule has 0 amide bonds. The van der Waals surface area contributed by atoms with Gasteiger partial charge in [-0.3, -0.25) is 4.79 Å². The first-order chi connectivity index (χ1) is 9.08. The smallest absolute Gasteiger partial charge is 0.196 e. The Morgan fingerprint density at radius 2 is 1.79 bits per heavy atom. The van der Waals surface area contributed by atoms with E-state index >= 15 is 0 Å². The summed E-state index contributed by atoms with van der Waals surface area (Å²) in [6.45, 7) is 5.72. The van der Waals surface area contributed by atoms with Crippen molar-refractivity contribution in [1.29, 1.82) is 0 Å². The van der Waals surface area contributed by atoms with E-state index in [4.69, 9.17) is 4.42 Å². The van der Waals surface area contributed by atoms with Gasteiger partial charge in [-0.1, -0.05) is 12.1 Å². The second-order valence-electron chi connectivity index (χ2n) is 5.38. The highest BCUT2D eigenvalue weighted by molar-refractivity contribution is 6.10. The first-order valence-corrected chi connectivity index (χ1v) is 6.81. The average Bonchev–Trinajstić information content (AvgIpc) is 2.94. The lowest BCUT2D eigenvalue weighted by molar-refractivity contribution is 0.103. The van der Waals surface area contributed by atoms with E-state index in [1.54, 1.807) is 0 Å². The van der Waals surface area contributed by atoms with Crippen LogP contribution in [0.5, 0.6) is 0 Å². The van der Waals surface area contributed by atoms with Gasteiger partial charge in [-0.15, -0.1) is 0 Å². The predicted molar refractivity (Wildman–Crippen MR) is 74.8 cm³/mol. The van der Waals surface area contributed by atoms with E-state index in [2.05, 4.69) is 12.1 Å². The molecule has 19 heavy (non-hydrogen) atoms. The van der Waals surface area contributed by atoms with E-state index in [-0.39, 0.29) is 5.78 Å². The van der Waals surface area contributed by atoms with E-state index in [0.29, 0.717) is 0 Å². The summed E-state index contributed by atoms with van der Waals surface area (Å²) in [5.74, 6) is 1.64. The summed E-state index contributed by atoms with van der Waals surface area (Å²) in [6, 6.07) is 6.12. The number of furan rings is 1. The molecule has 0 saturated heterocycles. The zero-order chi connectivity index (χ0) is 13.6. The quantitative estimate of drug-likeness (QED) is 0.760. The van der Waals surface area contributed by atoms with Crippen LogP contribution in [0.3, 0.4) is 0 Å². The van der Waals surface area contributed by atoms with Crippen molar-refractivity contribution in [2.24, 2.45) is 0 Å². The summed E-state index contributed by atoms with van der Waals surface area (Å²) in [7, 11) is 0. The van der Waals surface area contributed by atoms with Crippen LogP contribution in [0.1, 0.15) is 50.6 Å². The van der Waals surface area contributed by atoms with Gasteiger partial charge in [-0.25, -0.2) is 0 Å². The van der Waals surface area contributed by atoms with Crippen LogP contribution in [-0.4, -0.2) is 5.78 Å². The lowest BCUT2D eigenvalue weighted by Crippen LogP contribution is -2.04. The van der Waals surface area contributed by atoms with Gasteiger partial charge in [0.1, 0.15) is 11.5 Å². The Morgan fingerprint density at radius 3 is 2.47 bits per heavy atom. The standard InChI is InChI=1S/C17H18O2/c1-10-11(2)19-12(3)16(10)17(18)15-8-7-13-5-4-6-14(13)9-15/h7-9H,4-6H2,1-3H3. The zero-order valence-electron chi connectivity index (χ0n) is 11.7. The number of ketones is 1. The Labute approximate surface area is 113 Å². The van der Waals surface area contributed by atoms with Crippen LogP contribution in [0.25, 0.3) is 0 Å². The summed E-state index contributed by atoms with van der Waals surface area (Å²) in [4.78, 5) is 12.6. The topological polar surface area (TPSA) is 30.2 Å². The maximum absolute atomic E-state index is 12.6. The van der Waals surface area contributed by atoms with E-state index in [9.17, 15) is 4.79 Å². The van der Waals surface area contributed by atoms with Crippen LogP contribution >= 0.6 is 0 Å². The highest BCUT2D eigenvalue weighted by atomic mass is 16.3. The molecule has 0 spiro atoms. The van der Waals surface area contributed by atoms with E-state index in [0.717, 1.165) is 41.1 Å². The van der Waals surface area contributed by atoms with Gasteiger partial charge in [0, 0.05) is 11.1 Å². The maximum Gasteiger partial charge on any atom is 0.196 e. The molecular formula is C17H18O2. The molecule has 0 fully saturated rings. The summed E-state index contributed by atoms with van der Waals surface area (Å²) in [5, 5.41) is 0. The molecule has 1 aromatic heterocycles. The van der Waals surface area contributed by atoms with E-state index in [1.807, 2.05) is 26.8 Å². The fourth-order valence-electron chi connectivity index (χ4n) is 2.98. The minimum atomic E-state index is 0.0848. The predicted octanol–water partition coefficient (Wildman–Crippen LogP) is 3.92. The Kier molecular flexibility index (Phi) is 2.81. The van der Waals surface area contributed by atoms with Gasteiger partial charge >= 0.3 is 0 Å². The SMILES string of the molecule is Cc1oc(C)c(C(=O)c2ccc3c(c2)CCC3)c1C. The number of aryl methyl sites for hydroxylation is 4. The van der Waals surface area contributed by atoms with E-state index < -0.39 is 0 Å². The van der Waals surface area contributed by atoms with Crippen molar-refractivity contribution in [3.05, 3.63) is 57.5 Å². The molecule has 1 aliphatic carbocycles. The fraction of sp³-hybridized carbons (Fsp3) is 0.353. The summed E-state index contributed by atoms with van der Waals surface area (Å²) in [6.07, 6.45) is 3.45. The molecule has 1 aromatic carbocycles. The third-order valence-corrected chi connectivity index (χ3v) is 4.15. The number of hydrogen-bond acceptors (Lipinski definition) is 2. The zero-order valence-corrected chi connectivity index (χ0v) is 11.7. The monoisotopic (exact) mass is 254 g/mol. The fourth-order valence-corrected chi connectivity index (χ4v) is 2.98. The first kappa shape index (κ1) is 12.2. The second kappa shape index (κ2) is 4.37. The van der Waals surface area contributed by atoms with Crippen molar-refractivity contribution in [3.63, 3.8) is 0 Å². The molecular weight excluding hydrogens is 236 g/mol. The summed E-state index contributed by atoms with van der Waals surface area (Å²) >= 11 is 0. The largest absolute Gasteiger partial charge is 0.466 e. The highest BCUT2D eigenvalue weighted by Gasteiger charge is 2.21. The molecule has 2 nitrogen and oxygen atoms in total. The minimum Gasteiger partial charge on any atom is -0.466 e. The van der Waals surface area contributed by atoms with Gasteiger partial charge in [0.05, 0.1) is 5.56 Å². The van der Waals surface area contributed by atoms with Gasteiger partial charge in [0.25, 0.3) is 0 Å². The number of benzene rings is 1. The lowest BCUT2D eigenvalue weighted by atomic mass is 9.97. The van der Waals surface area contributed by atoms with Crippen LogP contribution in [0, 0.1) is 20.8 Å². The lowest BCUT2D eigenvalue weighted by Gasteiger charge is -2.04. The van der Waals surface area contributed by atoms with Gasteiger partial charge in [-0.2, -0.15) is 0 Å². The molecule has 0 N–H and O–H groups in total. The Balaban J connectivity index is 2.05. The van der Waals surface area contributed by atoms with Gasteiger partial charge in [0.15, 0.2) is 5.78 Å². The van der Waals surface area contributed by atoms with Gasteiger partial charge in [0.2, 0.25) is 0 Å². The van der Waals surface area contributed by atoms with Gasteiger partial charge < -0.3 is 4.42 Å². The number of hydrogen-bond donors (Lipinski definition) is 0. The molecule has 0 unspecified atom stereocenters. The van der Waals surface area contributed by atoms with Gasteiger partial charge in [-0.05, 0) is 57.2 Å². The highest BCUT2D eigenvalue weighted by Crippen LogP contribution is 2.27. The average molecular weight is 254 g/mol. The van der Waals surface area contributed by atoms with Crippen molar-refractivity contribution in [2.75, 3.05) is 0 Å². The van der Waals surface area contributed by atoms with Crippen LogP contribution in [-0.2, 0) is 12.8 Å². The van der Waals surface area contributed by atoms with Crippen molar-refractivity contribution in [3.8, 4) is 0 Å². The molecule has 2 aromatic rings. The molecule has 0 atom stereocenters. The third-order valence-electron chi connectivity index (χ3n) is 4.15. The van der Waals surface area contributed by atoms with E-state index in [1.165, 1.54) is 17.5 Å². The Morgan fingerprint density at radius 1 is 1.05 bits per heavy atom. The molecule has 0 aliphatic heterocycles. The van der Waals surface area contributed by atoms with Crippen LogP contribution < -0.4 is 0 Å². The number of carbonyl (C=O) groups is 1. The normalized spacial score (nSPS) is 13.6. The van der Waals surface area contributed by atoms with Crippen molar-refractivity contribution >= 4 is 5.78 Å². The molecule has 0 saturated carbocycles. The summed E-state index contributed by atoms with van der Waals surface area (Å²) in [5.41, 5.74) is 5.21. The number of fused-ring (bicyclic) bond motifs is 1. The number of carbonyl (C=O) groups excluding carboxylic acids is 1. The first-order valence-electron chi connectivity index (χ1n) is 6.81. The Bertz CT molecular complexity index is 662. The molecule has 3 rings (SSSR count). The molecule has 0 radical (unpaired) electrons. The number of rotatable bonds is 2. The Hall–Kier alpha value is -1.83. The summed E-state index contributed by atoms with van der Waals surface area (Å²) < 4.78 is 5.56. The molecule has 98 valence electrons. The molecule has 0 bridgehead atoms. The van der Waals surface area contributed by atoms with Crippen molar-refractivity contribution < 1.29 is 9.21 Å². The molecule has 2 heteroatoms. The third kappa shape index (κ3) is 1.92. The molecule has 1 heterocycles. The minimum absolute atomic E-state index is 0.0848. The maximum atomic E-state index is 12.6. The van der Waals surface area contributed by atoms with Crippen LogP contribution in [0.15, 0.2) is 22.6 Å². The second-order valence-corrected chi connectivity index (χ2v) is 5.38.